The Morgan fingerprint density at radius 1 is 1.19 bits per heavy atom. The molecule has 8 heteroatoms. The first-order chi connectivity index (χ1) is 13.1. The van der Waals surface area contributed by atoms with E-state index in [1.54, 1.807) is 12.1 Å². The third-order valence-corrected chi connectivity index (χ3v) is 5.52. The number of carbonyl (C=O) groups excluding carboxylic acids is 1. The minimum absolute atomic E-state index is 0.0103. The minimum atomic E-state index is -0.222. The molecular formula is C19H21FN5OS+. The number of fused-ring (bicyclic) bond motifs is 1. The highest BCUT2D eigenvalue weighted by molar-refractivity contribution is 7.00. The van der Waals surface area contributed by atoms with Crippen LogP contribution in [0.3, 0.4) is 0 Å². The molecule has 140 valence electrons. The van der Waals surface area contributed by atoms with Gasteiger partial charge in [-0.25, -0.2) is 4.39 Å². The second-order valence-corrected chi connectivity index (χ2v) is 7.36. The normalized spacial score (nSPS) is 15.3. The van der Waals surface area contributed by atoms with Crippen molar-refractivity contribution in [2.75, 3.05) is 42.9 Å². The molecule has 27 heavy (non-hydrogen) atoms. The van der Waals surface area contributed by atoms with Crippen LogP contribution in [0, 0.1) is 12.7 Å². The van der Waals surface area contributed by atoms with Gasteiger partial charge in [0.1, 0.15) is 16.9 Å². The van der Waals surface area contributed by atoms with Crippen LogP contribution in [-0.4, -0.2) is 47.4 Å². The highest BCUT2D eigenvalue weighted by Gasteiger charge is 2.23. The smallest absolute Gasteiger partial charge is 0.279 e. The Kier molecular flexibility index (Phi) is 5.00. The molecule has 3 aromatic rings. The number of hydrogen-bond donors (Lipinski definition) is 2. The van der Waals surface area contributed by atoms with Gasteiger partial charge in [-0.3, -0.25) is 4.79 Å². The van der Waals surface area contributed by atoms with E-state index in [9.17, 15) is 9.18 Å². The van der Waals surface area contributed by atoms with Crippen LogP contribution in [0.5, 0.6) is 0 Å². The quantitative estimate of drug-likeness (QED) is 0.713. The van der Waals surface area contributed by atoms with Crippen LogP contribution in [0.4, 0.5) is 15.8 Å². The van der Waals surface area contributed by atoms with Gasteiger partial charge in [-0.05, 0) is 42.8 Å². The van der Waals surface area contributed by atoms with Gasteiger partial charge in [0.25, 0.3) is 5.91 Å². The predicted octanol–water partition coefficient (Wildman–Crippen LogP) is 1.48. The van der Waals surface area contributed by atoms with E-state index in [-0.39, 0.29) is 11.7 Å². The fourth-order valence-electron chi connectivity index (χ4n) is 3.43. The molecule has 2 heterocycles. The standard InChI is InChI=1S/C19H20FN5OS/c1-13-2-7-16-19(23-27-22-16)18(13)21-17(26)12-24-8-10-25(11-9-24)15-5-3-14(20)4-6-15/h2-7H,8-12H2,1H3,(H,21,26)/p+1. The minimum Gasteiger partial charge on any atom is -0.360 e. The third kappa shape index (κ3) is 3.91. The Labute approximate surface area is 160 Å². The number of hydrogen-bond acceptors (Lipinski definition) is 5. The number of aryl methyl sites for hydroxylation is 1. The maximum atomic E-state index is 13.1. The molecule has 0 spiro atoms. The second kappa shape index (κ2) is 7.58. The third-order valence-electron chi connectivity index (χ3n) is 4.97. The average Bonchev–Trinajstić information content (AvgIpc) is 3.14. The van der Waals surface area contributed by atoms with Crippen LogP contribution < -0.4 is 15.1 Å². The molecule has 1 aromatic heterocycles. The maximum Gasteiger partial charge on any atom is 0.279 e. The number of nitrogens with one attached hydrogen (secondary N) is 2. The Bertz CT molecular complexity index is 950. The zero-order chi connectivity index (χ0) is 18.8. The van der Waals surface area contributed by atoms with E-state index < -0.39 is 0 Å². The zero-order valence-electron chi connectivity index (χ0n) is 15.0. The molecule has 0 radical (unpaired) electrons. The van der Waals surface area contributed by atoms with E-state index in [0.29, 0.717) is 6.54 Å². The molecule has 1 saturated heterocycles. The Morgan fingerprint density at radius 2 is 1.93 bits per heavy atom. The van der Waals surface area contributed by atoms with Gasteiger partial charge in [0, 0.05) is 5.69 Å². The Hall–Kier alpha value is -2.58. The fourth-order valence-corrected chi connectivity index (χ4v) is 3.97. The topological polar surface area (TPSA) is 62.6 Å². The summed E-state index contributed by atoms with van der Waals surface area (Å²) in [4.78, 5) is 16.0. The fraction of sp³-hybridized carbons (Fsp3) is 0.316. The molecule has 1 fully saturated rings. The molecule has 2 aromatic carbocycles. The largest absolute Gasteiger partial charge is 0.360 e. The van der Waals surface area contributed by atoms with E-state index in [0.717, 1.165) is 65.9 Å². The summed E-state index contributed by atoms with van der Waals surface area (Å²) < 4.78 is 21.6. The molecular weight excluding hydrogens is 365 g/mol. The van der Waals surface area contributed by atoms with Crippen LogP contribution in [0.2, 0.25) is 0 Å². The number of aromatic nitrogens is 2. The predicted molar refractivity (Wildman–Crippen MR) is 105 cm³/mol. The monoisotopic (exact) mass is 386 g/mol. The first-order valence-corrected chi connectivity index (χ1v) is 9.69. The van der Waals surface area contributed by atoms with Crippen molar-refractivity contribution in [3.63, 3.8) is 0 Å². The molecule has 0 saturated carbocycles. The van der Waals surface area contributed by atoms with Gasteiger partial charge in [-0.15, -0.1) is 0 Å². The van der Waals surface area contributed by atoms with E-state index >= 15 is 0 Å². The number of quaternary nitrogens is 1. The van der Waals surface area contributed by atoms with Crippen LogP contribution in [0.1, 0.15) is 5.56 Å². The first kappa shape index (κ1) is 17.8. The molecule has 1 aliphatic rings. The first-order valence-electron chi connectivity index (χ1n) is 8.96. The molecule has 2 N–H and O–H groups in total. The van der Waals surface area contributed by atoms with Crippen molar-refractivity contribution in [1.29, 1.82) is 0 Å². The van der Waals surface area contributed by atoms with Crippen molar-refractivity contribution in [2.24, 2.45) is 0 Å². The van der Waals surface area contributed by atoms with Gasteiger partial charge >= 0.3 is 0 Å². The summed E-state index contributed by atoms with van der Waals surface area (Å²) in [6, 6.07) is 10.4. The van der Waals surface area contributed by atoms with E-state index in [1.807, 2.05) is 19.1 Å². The lowest BCUT2D eigenvalue weighted by atomic mass is 10.1. The van der Waals surface area contributed by atoms with Crippen molar-refractivity contribution in [1.82, 2.24) is 8.75 Å². The maximum absolute atomic E-state index is 13.1. The summed E-state index contributed by atoms with van der Waals surface area (Å²) in [6.07, 6.45) is 0. The number of anilines is 2. The number of amides is 1. The van der Waals surface area contributed by atoms with Gasteiger partial charge in [-0.2, -0.15) is 8.75 Å². The van der Waals surface area contributed by atoms with Crippen molar-refractivity contribution >= 4 is 40.0 Å². The van der Waals surface area contributed by atoms with Crippen LogP contribution in [0.15, 0.2) is 36.4 Å². The Balaban J connectivity index is 1.35. The number of benzene rings is 2. The average molecular weight is 386 g/mol. The zero-order valence-corrected chi connectivity index (χ0v) is 15.9. The summed E-state index contributed by atoms with van der Waals surface area (Å²) in [5, 5.41) is 3.02. The van der Waals surface area contributed by atoms with Gasteiger partial charge in [0.2, 0.25) is 0 Å². The molecule has 1 amide bonds. The number of nitrogens with zero attached hydrogens (tertiary/aromatic N) is 3. The van der Waals surface area contributed by atoms with Gasteiger partial charge in [0.05, 0.1) is 43.6 Å². The lowest BCUT2D eigenvalue weighted by molar-refractivity contribution is -0.892. The molecule has 1 aliphatic heterocycles. The molecule has 6 nitrogen and oxygen atoms in total. The van der Waals surface area contributed by atoms with Crippen LogP contribution in [0.25, 0.3) is 11.0 Å². The number of carbonyl (C=O) groups is 1. The molecule has 0 bridgehead atoms. The Morgan fingerprint density at radius 3 is 2.67 bits per heavy atom. The van der Waals surface area contributed by atoms with Gasteiger partial charge in [0.15, 0.2) is 6.54 Å². The van der Waals surface area contributed by atoms with Gasteiger partial charge in [-0.1, -0.05) is 6.07 Å². The van der Waals surface area contributed by atoms with Crippen LogP contribution >= 0.6 is 11.7 Å². The second-order valence-electron chi connectivity index (χ2n) is 6.83. The van der Waals surface area contributed by atoms with Gasteiger partial charge < -0.3 is 15.1 Å². The van der Waals surface area contributed by atoms with Crippen molar-refractivity contribution in [3.05, 3.63) is 47.8 Å². The molecule has 0 aliphatic carbocycles. The summed E-state index contributed by atoms with van der Waals surface area (Å²) >= 11 is 1.15. The highest BCUT2D eigenvalue weighted by atomic mass is 32.1. The summed E-state index contributed by atoms with van der Waals surface area (Å²) in [6.45, 7) is 5.81. The van der Waals surface area contributed by atoms with E-state index in [1.165, 1.54) is 17.0 Å². The number of halogens is 1. The molecule has 0 unspecified atom stereocenters. The summed E-state index contributed by atoms with van der Waals surface area (Å²) in [7, 11) is 0. The lowest BCUT2D eigenvalue weighted by Crippen LogP contribution is -3.15. The van der Waals surface area contributed by atoms with E-state index in [2.05, 4.69) is 19.0 Å². The lowest BCUT2D eigenvalue weighted by Gasteiger charge is -2.33. The molecule has 0 atom stereocenters. The van der Waals surface area contributed by atoms with Crippen molar-refractivity contribution in [3.8, 4) is 0 Å². The summed E-state index contributed by atoms with van der Waals surface area (Å²) in [5.74, 6) is -0.232. The van der Waals surface area contributed by atoms with Crippen molar-refractivity contribution in [2.45, 2.75) is 6.92 Å². The molecule has 4 rings (SSSR count). The number of rotatable bonds is 4. The van der Waals surface area contributed by atoms with E-state index in [4.69, 9.17) is 0 Å². The van der Waals surface area contributed by atoms with Crippen molar-refractivity contribution < 1.29 is 14.1 Å². The number of piperazine rings is 1. The van der Waals surface area contributed by atoms with Crippen LogP contribution in [-0.2, 0) is 4.79 Å². The summed E-state index contributed by atoms with van der Waals surface area (Å²) in [5.41, 5.74) is 4.33. The highest BCUT2D eigenvalue weighted by Crippen LogP contribution is 2.25. The SMILES string of the molecule is Cc1ccc2nsnc2c1NC(=O)C[NH+]1CCN(c2ccc(F)cc2)CC1.